The Balaban J connectivity index is 1.88. The van der Waals surface area contributed by atoms with Crippen molar-refractivity contribution in [3.05, 3.63) is 59.7 Å². The van der Waals surface area contributed by atoms with E-state index >= 15 is 0 Å². The van der Waals surface area contributed by atoms with Crippen LogP contribution in [0.15, 0.2) is 48.5 Å². The normalized spacial score (nSPS) is 15.4. The van der Waals surface area contributed by atoms with E-state index in [2.05, 4.69) is 19.6 Å². The first-order chi connectivity index (χ1) is 17.3. The van der Waals surface area contributed by atoms with Gasteiger partial charge in [-0.15, -0.1) is 0 Å². The minimum absolute atomic E-state index is 0.0385. The van der Waals surface area contributed by atoms with E-state index in [9.17, 15) is 18.0 Å². The van der Waals surface area contributed by atoms with Gasteiger partial charge >= 0.3 is 10.2 Å². The van der Waals surface area contributed by atoms with Crippen LogP contribution in [0.2, 0.25) is 25.7 Å². The molecule has 1 fully saturated rings. The van der Waals surface area contributed by atoms with Crippen LogP contribution in [-0.2, 0) is 32.8 Å². The van der Waals surface area contributed by atoms with E-state index in [1.165, 1.54) is 0 Å². The fourth-order valence-corrected chi connectivity index (χ4v) is 6.51. The average molecular weight is 546 g/mol. The van der Waals surface area contributed by atoms with Gasteiger partial charge < -0.3 is 9.64 Å². The molecule has 8 nitrogen and oxygen atoms in total. The molecule has 1 aliphatic heterocycles. The van der Waals surface area contributed by atoms with Crippen molar-refractivity contribution in [1.82, 2.24) is 9.21 Å². The van der Waals surface area contributed by atoms with Crippen LogP contribution < -0.4 is 9.04 Å². The molecule has 0 bridgehead atoms. The molecule has 0 N–H and O–H groups in total. The number of aryl methyl sites for hydroxylation is 1. The summed E-state index contributed by atoms with van der Waals surface area (Å²) in [4.78, 5) is 27.0. The highest BCUT2D eigenvalue weighted by molar-refractivity contribution is 7.91. The number of anilines is 1. The lowest BCUT2D eigenvalue weighted by molar-refractivity contribution is -0.131. The first-order valence-electron chi connectivity index (χ1n) is 12.7. The summed E-state index contributed by atoms with van der Waals surface area (Å²) in [5, 5.41) is 0. The van der Waals surface area contributed by atoms with Crippen LogP contribution in [0.4, 0.5) is 5.69 Å². The topological polar surface area (TPSA) is 87.2 Å². The highest BCUT2D eigenvalue weighted by atomic mass is 32.2. The maximum atomic E-state index is 13.4. The summed E-state index contributed by atoms with van der Waals surface area (Å²) in [6, 6.07) is 15.7. The van der Waals surface area contributed by atoms with Crippen molar-refractivity contribution >= 4 is 35.8 Å². The summed E-state index contributed by atoms with van der Waals surface area (Å²) in [6.45, 7) is 10.6. The lowest BCUT2D eigenvalue weighted by Gasteiger charge is -2.24. The molecule has 2 aromatic rings. The minimum atomic E-state index is -4.02. The fourth-order valence-electron chi connectivity index (χ4n) is 3.90. The number of hydrogen-bond acceptors (Lipinski definition) is 5. The number of hydrogen-bond donors (Lipinski definition) is 0. The Morgan fingerprint density at radius 1 is 1.08 bits per heavy atom. The summed E-state index contributed by atoms with van der Waals surface area (Å²) < 4.78 is 35.1. The number of carbonyl (C=O) groups is 2. The monoisotopic (exact) mass is 545 g/mol. The summed E-state index contributed by atoms with van der Waals surface area (Å²) in [5.74, 6) is -0.0234. The quantitative estimate of drug-likeness (QED) is 0.393. The number of ether oxygens (including phenoxy) is 1. The molecule has 1 aliphatic rings. The third-order valence-corrected chi connectivity index (χ3v) is 10.1. The van der Waals surface area contributed by atoms with Gasteiger partial charge in [-0.05, 0) is 49.6 Å². The number of carbonyl (C=O) groups excluding carboxylic acids is 2. The molecule has 37 heavy (non-hydrogen) atoms. The van der Waals surface area contributed by atoms with Gasteiger partial charge in [-0.2, -0.15) is 8.42 Å². The Hall–Kier alpha value is -2.85. The molecule has 2 amide bonds. The summed E-state index contributed by atoms with van der Waals surface area (Å²) >= 11 is 0. The van der Waals surface area contributed by atoms with Crippen molar-refractivity contribution in [2.75, 3.05) is 24.4 Å². The Morgan fingerprint density at radius 2 is 1.76 bits per heavy atom. The zero-order valence-electron chi connectivity index (χ0n) is 22.7. The predicted octanol–water partition coefficient (Wildman–Crippen LogP) is 4.30. The third-order valence-electron chi connectivity index (χ3n) is 6.50. The summed E-state index contributed by atoms with van der Waals surface area (Å²) in [6.07, 6.45) is 0.822. The van der Waals surface area contributed by atoms with Crippen LogP contribution >= 0.6 is 0 Å². The molecule has 1 saturated heterocycles. The molecule has 0 aliphatic carbocycles. The molecule has 0 aromatic heterocycles. The van der Waals surface area contributed by atoms with Crippen LogP contribution in [0.3, 0.4) is 0 Å². The Bertz CT molecular complexity index is 1210. The van der Waals surface area contributed by atoms with Gasteiger partial charge in [-0.25, -0.2) is 8.61 Å². The van der Waals surface area contributed by atoms with Crippen molar-refractivity contribution < 1.29 is 22.7 Å². The minimum Gasteiger partial charge on any atom is -0.487 e. The van der Waals surface area contributed by atoms with Gasteiger partial charge in [0.15, 0.2) is 0 Å². The predicted molar refractivity (Wildman–Crippen MR) is 150 cm³/mol. The van der Waals surface area contributed by atoms with Gasteiger partial charge in [-0.1, -0.05) is 56.0 Å². The first-order valence-corrected chi connectivity index (χ1v) is 17.8. The van der Waals surface area contributed by atoms with Crippen molar-refractivity contribution in [1.29, 1.82) is 0 Å². The van der Waals surface area contributed by atoms with E-state index in [-0.39, 0.29) is 31.6 Å². The second-order valence-corrected chi connectivity index (χ2v) is 18.4. The molecule has 0 unspecified atom stereocenters. The second kappa shape index (κ2) is 11.7. The Morgan fingerprint density at radius 3 is 2.38 bits per heavy atom. The molecule has 0 saturated carbocycles. The van der Waals surface area contributed by atoms with E-state index in [0.29, 0.717) is 30.3 Å². The zero-order valence-corrected chi connectivity index (χ0v) is 24.5. The van der Waals surface area contributed by atoms with E-state index in [1.54, 1.807) is 30.1 Å². The van der Waals surface area contributed by atoms with E-state index in [0.717, 1.165) is 19.7 Å². The second-order valence-electron chi connectivity index (χ2n) is 11.0. The molecule has 0 atom stereocenters. The largest absolute Gasteiger partial charge is 0.487 e. The van der Waals surface area contributed by atoms with Crippen LogP contribution in [0.5, 0.6) is 5.75 Å². The molecule has 202 valence electrons. The molecule has 2 aromatic carbocycles. The lowest BCUT2D eigenvalue weighted by atomic mass is 10.1. The highest BCUT2D eigenvalue weighted by Crippen LogP contribution is 2.36. The molecule has 0 radical (unpaired) electrons. The number of rotatable bonds is 11. The van der Waals surface area contributed by atoms with Crippen LogP contribution in [0.1, 0.15) is 31.4 Å². The van der Waals surface area contributed by atoms with Gasteiger partial charge in [0.25, 0.3) is 5.91 Å². The average Bonchev–Trinajstić information content (AvgIpc) is 3.06. The maximum Gasteiger partial charge on any atom is 0.329 e. The molecular weight excluding hydrogens is 506 g/mol. The number of amides is 2. The molecule has 1 heterocycles. The summed E-state index contributed by atoms with van der Waals surface area (Å²) in [5.41, 5.74) is 2.12. The van der Waals surface area contributed by atoms with Crippen LogP contribution in [-0.4, -0.2) is 63.7 Å². The van der Waals surface area contributed by atoms with Crippen molar-refractivity contribution in [3.63, 3.8) is 0 Å². The van der Waals surface area contributed by atoms with E-state index in [4.69, 9.17) is 4.74 Å². The van der Waals surface area contributed by atoms with Crippen molar-refractivity contribution in [3.8, 4) is 5.75 Å². The third kappa shape index (κ3) is 7.35. The van der Waals surface area contributed by atoms with Gasteiger partial charge in [0.05, 0.1) is 5.69 Å². The smallest absolute Gasteiger partial charge is 0.329 e. The van der Waals surface area contributed by atoms with Gasteiger partial charge in [-0.3, -0.25) is 9.59 Å². The summed E-state index contributed by atoms with van der Waals surface area (Å²) in [7, 11) is -3.79. The molecule has 0 spiro atoms. The van der Waals surface area contributed by atoms with Gasteiger partial charge in [0, 0.05) is 34.1 Å². The maximum absolute atomic E-state index is 13.4. The fraction of sp³-hybridized carbons (Fsp3) is 0.481. The molecule has 10 heteroatoms. The standard InChI is InChI=1S/C27H39N3O5SSi/c1-21(2)28(3)26(31)15-13-22-12-14-24(25(18-22)35-20-23-10-8-7-9-11-23)30-19-27(32)29(36(30,33)34)16-17-37(4,5)6/h7-12,14,18,21H,13,15-17,19-20H2,1-6H3. The van der Waals surface area contributed by atoms with Crippen molar-refractivity contribution in [2.45, 2.75) is 65.0 Å². The lowest BCUT2D eigenvalue weighted by Crippen LogP contribution is -2.37. The van der Waals surface area contributed by atoms with E-state index in [1.807, 2.05) is 44.2 Å². The number of nitrogens with zero attached hydrogens (tertiary/aromatic N) is 3. The molecular formula is C27H39N3O5SSi. The van der Waals surface area contributed by atoms with E-state index < -0.39 is 24.2 Å². The zero-order chi connectivity index (χ0) is 27.4. The van der Waals surface area contributed by atoms with Gasteiger partial charge in [0.2, 0.25) is 5.91 Å². The Kier molecular flexibility index (Phi) is 9.07. The van der Waals surface area contributed by atoms with Crippen molar-refractivity contribution in [2.24, 2.45) is 0 Å². The first kappa shape index (κ1) is 28.7. The van der Waals surface area contributed by atoms with Crippen LogP contribution in [0, 0.1) is 0 Å². The van der Waals surface area contributed by atoms with Crippen LogP contribution in [0.25, 0.3) is 0 Å². The highest BCUT2D eigenvalue weighted by Gasteiger charge is 2.43. The SMILES string of the molecule is CC(C)N(C)C(=O)CCc1ccc(N2CC(=O)N(CC[Si](C)(C)C)S2(=O)=O)c(OCc2ccccc2)c1. The molecule has 3 rings (SSSR count). The van der Waals surface area contributed by atoms with Gasteiger partial charge in [0.1, 0.15) is 18.9 Å². The Labute approximate surface area is 222 Å². The number of benzene rings is 2.